The highest BCUT2D eigenvalue weighted by molar-refractivity contribution is 8.00. The zero-order valence-electron chi connectivity index (χ0n) is 19.3. The van der Waals surface area contributed by atoms with Gasteiger partial charge in [0.15, 0.2) is 5.11 Å². The van der Waals surface area contributed by atoms with Gasteiger partial charge in [-0.25, -0.2) is 0 Å². The molecule has 0 radical (unpaired) electrons. The quantitative estimate of drug-likeness (QED) is 0.186. The Balaban J connectivity index is 1.37. The zero-order chi connectivity index (χ0) is 24.2. The summed E-state index contributed by atoms with van der Waals surface area (Å²) in [5.41, 5.74) is 3.71. The van der Waals surface area contributed by atoms with Crippen molar-refractivity contribution in [3.05, 3.63) is 103 Å². The topological polar surface area (TPSA) is 46.1 Å². The Bertz CT molecular complexity index is 1460. The normalized spacial score (nSPS) is 11.9. The number of para-hydroxylation sites is 3. The lowest BCUT2D eigenvalue weighted by molar-refractivity contribution is 0.0919. The average molecular weight is 496 g/mol. The van der Waals surface area contributed by atoms with Crippen molar-refractivity contribution in [2.45, 2.75) is 23.5 Å². The zero-order valence-corrected chi connectivity index (χ0v) is 20.9. The number of benzene rings is 4. The Kier molecular flexibility index (Phi) is 6.84. The minimum atomic E-state index is -0.223. The monoisotopic (exact) mass is 495 g/mol. The van der Waals surface area contributed by atoms with Crippen LogP contribution in [0.25, 0.3) is 21.8 Å². The van der Waals surface area contributed by atoms with Gasteiger partial charge in [-0.1, -0.05) is 67.6 Å². The van der Waals surface area contributed by atoms with Crippen LogP contribution in [0.5, 0.6) is 0 Å². The number of carbonyl (C=O) groups excluding carboxylic acids is 1. The summed E-state index contributed by atoms with van der Waals surface area (Å²) in [5.74, 6) is 0.0922. The summed E-state index contributed by atoms with van der Waals surface area (Å²) in [6.07, 6.45) is 0.718. The van der Waals surface area contributed by atoms with E-state index in [9.17, 15) is 4.79 Å². The standard InChI is InChI=1S/C29H25N3OS2/c1-2-27(28(33)32-25-17-8-6-15-23(25)24-16-7-9-18-26(24)32)35-22-14-10-13-21(19-22)31-29(34)30-20-11-4-3-5-12-20/h3-19,27H,2H2,1H3,(H2,30,31,34). The number of fused-ring (bicyclic) bond motifs is 3. The minimum absolute atomic E-state index is 0.0922. The number of rotatable bonds is 6. The van der Waals surface area contributed by atoms with E-state index in [2.05, 4.69) is 29.7 Å². The molecule has 6 heteroatoms. The molecule has 1 atom stereocenters. The van der Waals surface area contributed by atoms with Crippen LogP contribution >= 0.6 is 24.0 Å². The number of aromatic nitrogens is 1. The molecule has 4 aromatic carbocycles. The Hall–Kier alpha value is -3.61. The van der Waals surface area contributed by atoms with E-state index in [1.807, 2.05) is 95.6 Å². The van der Waals surface area contributed by atoms with Gasteiger partial charge in [-0.2, -0.15) is 0 Å². The third-order valence-electron chi connectivity index (χ3n) is 5.85. The Morgan fingerprint density at radius 2 is 1.37 bits per heavy atom. The molecular formula is C29H25N3OS2. The lowest BCUT2D eigenvalue weighted by Gasteiger charge is -2.17. The van der Waals surface area contributed by atoms with Gasteiger partial charge in [0.25, 0.3) is 0 Å². The van der Waals surface area contributed by atoms with E-state index < -0.39 is 0 Å². The molecule has 0 aliphatic heterocycles. The number of thiocarbonyl (C=S) groups is 1. The second-order valence-corrected chi connectivity index (χ2v) is 9.88. The highest BCUT2D eigenvalue weighted by Gasteiger charge is 2.24. The SMILES string of the molecule is CCC(Sc1cccc(NC(=S)Nc2ccccc2)c1)C(=O)n1c2ccccc2c2ccccc21. The largest absolute Gasteiger partial charge is 0.332 e. The lowest BCUT2D eigenvalue weighted by atomic mass is 10.2. The summed E-state index contributed by atoms with van der Waals surface area (Å²) in [5, 5.41) is 8.93. The summed E-state index contributed by atoms with van der Waals surface area (Å²) in [6, 6.07) is 34.1. The Morgan fingerprint density at radius 1 is 0.800 bits per heavy atom. The first-order chi connectivity index (χ1) is 17.1. The van der Waals surface area contributed by atoms with E-state index in [4.69, 9.17) is 12.2 Å². The molecule has 5 aromatic rings. The summed E-state index contributed by atoms with van der Waals surface area (Å²) >= 11 is 7.05. The fourth-order valence-electron chi connectivity index (χ4n) is 4.24. The molecule has 2 N–H and O–H groups in total. The molecule has 0 spiro atoms. The first kappa shape index (κ1) is 23.1. The highest BCUT2D eigenvalue weighted by Crippen LogP contribution is 2.33. The van der Waals surface area contributed by atoms with Crippen molar-refractivity contribution in [3.8, 4) is 0 Å². The van der Waals surface area contributed by atoms with Crippen LogP contribution in [0.2, 0.25) is 0 Å². The smallest absolute Gasteiger partial charge is 0.245 e. The molecule has 0 aliphatic carbocycles. The third kappa shape index (κ3) is 4.94. The molecular weight excluding hydrogens is 470 g/mol. The molecule has 35 heavy (non-hydrogen) atoms. The van der Waals surface area contributed by atoms with Gasteiger partial charge in [-0.05, 0) is 61.1 Å². The average Bonchev–Trinajstić information content (AvgIpc) is 3.22. The fourth-order valence-corrected chi connectivity index (χ4v) is 5.53. The maximum atomic E-state index is 13.8. The first-order valence-corrected chi connectivity index (χ1v) is 12.8. The van der Waals surface area contributed by atoms with Crippen LogP contribution in [-0.2, 0) is 0 Å². The fraction of sp³-hybridized carbons (Fsp3) is 0.103. The van der Waals surface area contributed by atoms with E-state index >= 15 is 0 Å². The van der Waals surface area contributed by atoms with Crippen molar-refractivity contribution >= 4 is 68.2 Å². The molecule has 1 unspecified atom stereocenters. The molecule has 0 bridgehead atoms. The molecule has 4 nitrogen and oxygen atoms in total. The van der Waals surface area contributed by atoms with Crippen molar-refractivity contribution in [1.29, 1.82) is 0 Å². The van der Waals surface area contributed by atoms with Gasteiger partial charge in [-0.15, -0.1) is 11.8 Å². The number of anilines is 2. The second-order valence-electron chi connectivity index (χ2n) is 8.20. The molecule has 0 saturated heterocycles. The number of carbonyl (C=O) groups is 1. The molecule has 0 amide bonds. The van der Waals surface area contributed by atoms with Gasteiger partial charge in [0.05, 0.1) is 16.3 Å². The van der Waals surface area contributed by atoms with E-state index in [0.717, 1.165) is 44.5 Å². The van der Waals surface area contributed by atoms with E-state index in [1.54, 1.807) is 11.8 Å². The molecule has 174 valence electrons. The van der Waals surface area contributed by atoms with Crippen LogP contribution in [0.15, 0.2) is 108 Å². The predicted molar refractivity (Wildman–Crippen MR) is 153 cm³/mol. The molecule has 1 heterocycles. The van der Waals surface area contributed by atoms with Gasteiger partial charge in [0, 0.05) is 27.0 Å². The summed E-state index contributed by atoms with van der Waals surface area (Å²) in [7, 11) is 0. The second kappa shape index (κ2) is 10.3. The number of hydrogen-bond acceptors (Lipinski definition) is 3. The summed E-state index contributed by atoms with van der Waals surface area (Å²) < 4.78 is 1.88. The van der Waals surface area contributed by atoms with Crippen molar-refractivity contribution in [2.75, 3.05) is 10.6 Å². The van der Waals surface area contributed by atoms with Gasteiger partial charge in [-0.3, -0.25) is 9.36 Å². The molecule has 5 rings (SSSR count). The van der Waals surface area contributed by atoms with Gasteiger partial charge < -0.3 is 10.6 Å². The van der Waals surface area contributed by atoms with E-state index in [1.165, 1.54) is 0 Å². The third-order valence-corrected chi connectivity index (χ3v) is 7.40. The number of hydrogen-bond donors (Lipinski definition) is 2. The van der Waals surface area contributed by atoms with Gasteiger partial charge in [0.2, 0.25) is 5.91 Å². The molecule has 0 fully saturated rings. The van der Waals surface area contributed by atoms with Crippen LogP contribution in [0.3, 0.4) is 0 Å². The number of thioether (sulfide) groups is 1. The van der Waals surface area contributed by atoms with Crippen LogP contribution in [-0.4, -0.2) is 20.8 Å². The highest BCUT2D eigenvalue weighted by atomic mass is 32.2. The predicted octanol–water partition coefficient (Wildman–Crippen LogP) is 7.81. The van der Waals surface area contributed by atoms with Crippen molar-refractivity contribution in [1.82, 2.24) is 4.57 Å². The Labute approximate surface area is 214 Å². The number of nitrogens with zero attached hydrogens (tertiary/aromatic N) is 1. The van der Waals surface area contributed by atoms with Crippen LogP contribution in [0, 0.1) is 0 Å². The summed E-state index contributed by atoms with van der Waals surface area (Å²) in [4.78, 5) is 14.8. The molecule has 1 aromatic heterocycles. The number of nitrogens with one attached hydrogen (secondary N) is 2. The van der Waals surface area contributed by atoms with Crippen molar-refractivity contribution < 1.29 is 4.79 Å². The first-order valence-electron chi connectivity index (χ1n) is 11.6. The van der Waals surface area contributed by atoms with Crippen LogP contribution < -0.4 is 10.6 Å². The lowest BCUT2D eigenvalue weighted by Crippen LogP contribution is -2.23. The Morgan fingerprint density at radius 3 is 2.03 bits per heavy atom. The summed E-state index contributed by atoms with van der Waals surface area (Å²) in [6.45, 7) is 2.06. The maximum absolute atomic E-state index is 13.8. The van der Waals surface area contributed by atoms with Crippen molar-refractivity contribution in [3.63, 3.8) is 0 Å². The van der Waals surface area contributed by atoms with Crippen LogP contribution in [0.1, 0.15) is 18.1 Å². The van der Waals surface area contributed by atoms with E-state index in [0.29, 0.717) is 5.11 Å². The van der Waals surface area contributed by atoms with E-state index in [-0.39, 0.29) is 11.2 Å². The van der Waals surface area contributed by atoms with Crippen LogP contribution in [0.4, 0.5) is 11.4 Å². The minimum Gasteiger partial charge on any atom is -0.332 e. The van der Waals surface area contributed by atoms with Gasteiger partial charge >= 0.3 is 0 Å². The molecule has 0 saturated carbocycles. The maximum Gasteiger partial charge on any atom is 0.245 e. The van der Waals surface area contributed by atoms with Crippen molar-refractivity contribution in [2.24, 2.45) is 0 Å². The van der Waals surface area contributed by atoms with Gasteiger partial charge in [0.1, 0.15) is 0 Å². The molecule has 0 aliphatic rings.